The molecule has 0 amide bonds. The van der Waals surface area contributed by atoms with E-state index in [1.54, 1.807) is 0 Å². The molecule has 2 heterocycles. The third kappa shape index (κ3) is 1.81. The number of rotatable bonds is 1. The molecule has 1 aliphatic heterocycles. The van der Waals surface area contributed by atoms with E-state index in [0.717, 1.165) is 12.1 Å². The number of para-hydroxylation sites is 1. The molecule has 0 saturated carbocycles. The predicted molar refractivity (Wildman–Crippen MR) is 66.3 cm³/mol. The van der Waals surface area contributed by atoms with Crippen molar-refractivity contribution >= 4 is 10.9 Å². The van der Waals surface area contributed by atoms with E-state index >= 15 is 0 Å². The average Bonchev–Trinajstić information content (AvgIpc) is 2.39. The number of hydrogen-bond donors (Lipinski definition) is 1. The van der Waals surface area contributed by atoms with Crippen molar-refractivity contribution in [3.8, 4) is 0 Å². The summed E-state index contributed by atoms with van der Waals surface area (Å²) in [4.78, 5) is 4.74. The van der Waals surface area contributed by atoms with Crippen molar-refractivity contribution in [3.63, 3.8) is 0 Å². The number of aromatic nitrogens is 1. The standard InChI is InChI=1S/C14H16N2/c1-2-6-12-11(5-1)8-9-14(16-12)13-7-3-4-10-15-13/h1-2,5-6,8-9,13,15H,3-4,7,10H2. The number of nitrogens with zero attached hydrogens (tertiary/aromatic N) is 1. The Balaban J connectivity index is 1.97. The molecule has 2 heteroatoms. The van der Waals surface area contributed by atoms with Crippen LogP contribution in [0.4, 0.5) is 0 Å². The second kappa shape index (κ2) is 4.22. The Morgan fingerprint density at radius 1 is 1.06 bits per heavy atom. The fraction of sp³-hybridized carbons (Fsp3) is 0.357. The summed E-state index contributed by atoms with van der Waals surface area (Å²) < 4.78 is 0. The van der Waals surface area contributed by atoms with Gasteiger partial charge in [0.05, 0.1) is 11.2 Å². The zero-order valence-corrected chi connectivity index (χ0v) is 9.32. The van der Waals surface area contributed by atoms with Crippen LogP contribution in [-0.4, -0.2) is 11.5 Å². The van der Waals surface area contributed by atoms with Crippen LogP contribution in [0.2, 0.25) is 0 Å². The molecular weight excluding hydrogens is 196 g/mol. The van der Waals surface area contributed by atoms with E-state index in [2.05, 4.69) is 35.6 Å². The van der Waals surface area contributed by atoms with Crippen LogP contribution in [0.15, 0.2) is 36.4 Å². The molecule has 3 rings (SSSR count). The summed E-state index contributed by atoms with van der Waals surface area (Å²) in [5, 5.41) is 4.76. The highest BCUT2D eigenvalue weighted by atomic mass is 14.9. The number of pyridine rings is 1. The normalized spacial score (nSPS) is 21.1. The van der Waals surface area contributed by atoms with Gasteiger partial charge in [-0.05, 0) is 31.5 Å². The molecule has 1 aliphatic rings. The van der Waals surface area contributed by atoms with E-state index < -0.39 is 0 Å². The summed E-state index contributed by atoms with van der Waals surface area (Å²) in [6.45, 7) is 1.12. The molecule has 1 atom stereocenters. The molecule has 2 aromatic rings. The highest BCUT2D eigenvalue weighted by molar-refractivity contribution is 5.78. The molecule has 0 aliphatic carbocycles. The van der Waals surface area contributed by atoms with Crippen LogP contribution in [0.25, 0.3) is 10.9 Å². The lowest BCUT2D eigenvalue weighted by atomic mass is 10.0. The SMILES string of the molecule is c1ccc2nc(C3CCCCN3)ccc2c1. The number of piperidine rings is 1. The van der Waals surface area contributed by atoms with Gasteiger partial charge in [-0.1, -0.05) is 30.7 Å². The summed E-state index contributed by atoms with van der Waals surface area (Å²) in [7, 11) is 0. The minimum Gasteiger partial charge on any atom is -0.309 e. The van der Waals surface area contributed by atoms with Crippen molar-refractivity contribution in [2.45, 2.75) is 25.3 Å². The van der Waals surface area contributed by atoms with Crippen molar-refractivity contribution in [2.75, 3.05) is 6.54 Å². The first-order chi connectivity index (χ1) is 7.93. The smallest absolute Gasteiger partial charge is 0.0706 e. The summed E-state index contributed by atoms with van der Waals surface area (Å²) >= 11 is 0. The van der Waals surface area contributed by atoms with Gasteiger partial charge >= 0.3 is 0 Å². The van der Waals surface area contributed by atoms with E-state index in [1.165, 1.54) is 30.3 Å². The first-order valence-electron chi connectivity index (χ1n) is 6.02. The fourth-order valence-corrected chi connectivity index (χ4v) is 2.38. The monoisotopic (exact) mass is 212 g/mol. The molecule has 2 nitrogen and oxygen atoms in total. The Morgan fingerprint density at radius 3 is 2.88 bits per heavy atom. The quantitative estimate of drug-likeness (QED) is 0.786. The lowest BCUT2D eigenvalue weighted by Gasteiger charge is -2.23. The van der Waals surface area contributed by atoms with Gasteiger partial charge in [-0.15, -0.1) is 0 Å². The van der Waals surface area contributed by atoms with Crippen LogP contribution in [-0.2, 0) is 0 Å². The van der Waals surface area contributed by atoms with Crippen LogP contribution in [0, 0.1) is 0 Å². The Labute approximate surface area is 95.7 Å². The summed E-state index contributed by atoms with van der Waals surface area (Å²) in [5.41, 5.74) is 2.30. The number of hydrogen-bond acceptors (Lipinski definition) is 2. The van der Waals surface area contributed by atoms with Crippen LogP contribution >= 0.6 is 0 Å². The van der Waals surface area contributed by atoms with Gasteiger partial charge in [-0.25, -0.2) is 0 Å². The Bertz CT molecular complexity index is 487. The van der Waals surface area contributed by atoms with Crippen molar-refractivity contribution in [3.05, 3.63) is 42.1 Å². The second-order valence-corrected chi connectivity index (χ2v) is 4.43. The molecule has 1 saturated heterocycles. The number of fused-ring (bicyclic) bond motifs is 1. The maximum absolute atomic E-state index is 4.74. The Kier molecular flexibility index (Phi) is 2.58. The van der Waals surface area contributed by atoms with Gasteiger partial charge < -0.3 is 5.32 Å². The number of benzene rings is 1. The average molecular weight is 212 g/mol. The molecule has 82 valence electrons. The highest BCUT2D eigenvalue weighted by Crippen LogP contribution is 2.23. The van der Waals surface area contributed by atoms with Crippen LogP contribution in [0.3, 0.4) is 0 Å². The first kappa shape index (κ1) is 9.79. The van der Waals surface area contributed by atoms with E-state index in [9.17, 15) is 0 Å². The summed E-state index contributed by atoms with van der Waals surface area (Å²) in [5.74, 6) is 0. The lowest BCUT2D eigenvalue weighted by Crippen LogP contribution is -2.27. The first-order valence-corrected chi connectivity index (χ1v) is 6.02. The molecule has 0 spiro atoms. The van der Waals surface area contributed by atoms with E-state index in [4.69, 9.17) is 4.98 Å². The van der Waals surface area contributed by atoms with E-state index in [0.29, 0.717) is 6.04 Å². The second-order valence-electron chi connectivity index (χ2n) is 4.43. The van der Waals surface area contributed by atoms with Crippen molar-refractivity contribution < 1.29 is 0 Å². The van der Waals surface area contributed by atoms with Crippen molar-refractivity contribution in [1.82, 2.24) is 10.3 Å². The van der Waals surface area contributed by atoms with Crippen molar-refractivity contribution in [2.24, 2.45) is 0 Å². The largest absolute Gasteiger partial charge is 0.309 e. The number of nitrogens with one attached hydrogen (secondary N) is 1. The molecule has 0 bridgehead atoms. The zero-order valence-electron chi connectivity index (χ0n) is 9.32. The molecule has 1 N–H and O–H groups in total. The summed E-state index contributed by atoms with van der Waals surface area (Å²) in [6, 6.07) is 13.1. The van der Waals surface area contributed by atoms with Crippen LogP contribution in [0.5, 0.6) is 0 Å². The van der Waals surface area contributed by atoms with Gasteiger partial charge in [0, 0.05) is 11.4 Å². The van der Waals surface area contributed by atoms with Gasteiger partial charge in [-0.2, -0.15) is 0 Å². The molecule has 0 radical (unpaired) electrons. The molecule has 1 unspecified atom stereocenters. The lowest BCUT2D eigenvalue weighted by molar-refractivity contribution is 0.406. The third-order valence-corrected chi connectivity index (χ3v) is 3.29. The zero-order chi connectivity index (χ0) is 10.8. The molecular formula is C14H16N2. The highest BCUT2D eigenvalue weighted by Gasteiger charge is 2.15. The molecule has 1 aromatic carbocycles. The Hall–Kier alpha value is -1.41. The van der Waals surface area contributed by atoms with Gasteiger partial charge in [0.2, 0.25) is 0 Å². The van der Waals surface area contributed by atoms with Gasteiger partial charge in [0.25, 0.3) is 0 Å². The van der Waals surface area contributed by atoms with E-state index in [1.807, 2.05) is 6.07 Å². The van der Waals surface area contributed by atoms with Gasteiger partial charge in [0.1, 0.15) is 0 Å². The van der Waals surface area contributed by atoms with Crippen LogP contribution in [0.1, 0.15) is 31.0 Å². The van der Waals surface area contributed by atoms with Crippen molar-refractivity contribution in [1.29, 1.82) is 0 Å². The minimum atomic E-state index is 0.457. The van der Waals surface area contributed by atoms with Crippen LogP contribution < -0.4 is 5.32 Å². The predicted octanol–water partition coefficient (Wildman–Crippen LogP) is 3.05. The Morgan fingerprint density at radius 2 is 2.00 bits per heavy atom. The van der Waals surface area contributed by atoms with Gasteiger partial charge in [-0.3, -0.25) is 4.98 Å². The van der Waals surface area contributed by atoms with Gasteiger partial charge in [0.15, 0.2) is 0 Å². The minimum absolute atomic E-state index is 0.457. The maximum atomic E-state index is 4.74. The maximum Gasteiger partial charge on any atom is 0.0706 e. The van der Waals surface area contributed by atoms with E-state index in [-0.39, 0.29) is 0 Å². The third-order valence-electron chi connectivity index (χ3n) is 3.29. The fourth-order valence-electron chi connectivity index (χ4n) is 2.38. The summed E-state index contributed by atoms with van der Waals surface area (Å²) in [6.07, 6.45) is 3.82. The molecule has 16 heavy (non-hydrogen) atoms. The topological polar surface area (TPSA) is 24.9 Å². The molecule has 1 aromatic heterocycles. The molecule has 1 fully saturated rings.